The van der Waals surface area contributed by atoms with Crippen molar-refractivity contribution in [1.82, 2.24) is 0 Å². The first kappa shape index (κ1) is 24.9. The van der Waals surface area contributed by atoms with Gasteiger partial charge < -0.3 is 44.8 Å². The van der Waals surface area contributed by atoms with Crippen LogP contribution in [0.1, 0.15) is 66.2 Å². The highest BCUT2D eigenvalue weighted by molar-refractivity contribution is 5.31. The Hall–Kier alpha value is -0.360. The van der Waals surface area contributed by atoms with Crippen molar-refractivity contribution in [2.75, 3.05) is 6.61 Å². The van der Waals surface area contributed by atoms with Gasteiger partial charge in [0.1, 0.15) is 30.0 Å². The highest BCUT2D eigenvalue weighted by Crippen LogP contribution is 2.78. The average molecular weight is 499 g/mol. The minimum Gasteiger partial charge on any atom is -0.394 e. The largest absolute Gasteiger partial charge is 0.394 e. The van der Waals surface area contributed by atoms with Crippen LogP contribution >= 0.6 is 0 Å². The normalized spacial score (nSPS) is 62.6. The van der Waals surface area contributed by atoms with Crippen LogP contribution in [0.3, 0.4) is 0 Å². The molecule has 200 valence electrons. The Morgan fingerprint density at radius 2 is 1.71 bits per heavy atom. The maximum Gasteiger partial charge on any atom is 0.187 e. The molecule has 14 atom stereocenters. The van der Waals surface area contributed by atoms with E-state index in [0.29, 0.717) is 19.3 Å². The smallest absolute Gasteiger partial charge is 0.187 e. The number of aliphatic hydroxyl groups excluding tert-OH is 5. The second kappa shape index (κ2) is 7.39. The minimum atomic E-state index is -1.53. The van der Waals surface area contributed by atoms with Crippen molar-refractivity contribution >= 4 is 0 Å². The summed E-state index contributed by atoms with van der Waals surface area (Å²) in [5.41, 5.74) is -3.00. The third-order valence-corrected chi connectivity index (χ3v) is 11.7. The monoisotopic (exact) mass is 498 g/mol. The summed E-state index contributed by atoms with van der Waals surface area (Å²) in [6, 6.07) is 0. The molecule has 0 aromatic carbocycles. The van der Waals surface area contributed by atoms with E-state index < -0.39 is 71.7 Å². The summed E-state index contributed by atoms with van der Waals surface area (Å²) in [4.78, 5) is 0. The first-order chi connectivity index (χ1) is 16.3. The van der Waals surface area contributed by atoms with Crippen molar-refractivity contribution in [3.05, 3.63) is 0 Å². The Morgan fingerprint density at radius 3 is 2.40 bits per heavy atom. The summed E-state index contributed by atoms with van der Waals surface area (Å²) >= 11 is 0. The summed E-state index contributed by atoms with van der Waals surface area (Å²) in [6.07, 6.45) is -3.62. The van der Waals surface area contributed by atoms with E-state index in [0.717, 1.165) is 19.3 Å². The molecule has 3 spiro atoms. The van der Waals surface area contributed by atoms with Crippen LogP contribution < -0.4 is 0 Å². The Bertz CT molecular complexity index is 877. The number of ether oxygens (including phenoxy) is 3. The van der Waals surface area contributed by atoms with E-state index in [4.69, 9.17) is 14.2 Å². The lowest BCUT2D eigenvalue weighted by Gasteiger charge is -2.61. The molecule has 6 N–H and O–H groups in total. The number of hydrogen-bond donors (Lipinski definition) is 6. The molecule has 0 amide bonds. The predicted octanol–water partition coefficient (Wildman–Crippen LogP) is 0.0673. The molecule has 3 aliphatic carbocycles. The second-order valence-electron chi connectivity index (χ2n) is 13.4. The molecule has 3 saturated carbocycles. The van der Waals surface area contributed by atoms with Crippen LogP contribution in [-0.2, 0) is 14.2 Å². The van der Waals surface area contributed by atoms with Gasteiger partial charge in [0.15, 0.2) is 6.29 Å². The van der Waals surface area contributed by atoms with Gasteiger partial charge >= 0.3 is 0 Å². The van der Waals surface area contributed by atoms with Gasteiger partial charge in [-0.1, -0.05) is 20.8 Å². The molecule has 3 aliphatic heterocycles. The lowest BCUT2D eigenvalue weighted by molar-refractivity contribution is -0.363. The van der Waals surface area contributed by atoms with E-state index in [1.807, 2.05) is 20.8 Å². The van der Waals surface area contributed by atoms with Crippen molar-refractivity contribution in [2.24, 2.45) is 28.6 Å². The van der Waals surface area contributed by atoms with Gasteiger partial charge in [-0.2, -0.15) is 0 Å². The van der Waals surface area contributed by atoms with Crippen LogP contribution in [0, 0.1) is 28.6 Å². The fraction of sp³-hybridized carbons (Fsp3) is 1.00. The maximum absolute atomic E-state index is 11.3. The molecule has 6 fully saturated rings. The van der Waals surface area contributed by atoms with Crippen LogP contribution in [-0.4, -0.2) is 97.0 Å². The van der Waals surface area contributed by atoms with Crippen LogP contribution in [0.4, 0.5) is 0 Å². The number of rotatable bonds is 3. The molecular formula is C26H42O9. The van der Waals surface area contributed by atoms with Crippen molar-refractivity contribution < 1.29 is 44.8 Å². The summed E-state index contributed by atoms with van der Waals surface area (Å²) in [5, 5.41) is 63.6. The quantitative estimate of drug-likeness (QED) is 0.318. The molecule has 6 aliphatic rings. The molecule has 35 heavy (non-hydrogen) atoms. The zero-order chi connectivity index (χ0) is 25.3. The summed E-state index contributed by atoms with van der Waals surface area (Å²) < 4.78 is 19.6. The minimum absolute atomic E-state index is 0.0175. The molecule has 3 heterocycles. The van der Waals surface area contributed by atoms with Crippen molar-refractivity contribution in [2.45, 2.75) is 126 Å². The van der Waals surface area contributed by atoms with Crippen molar-refractivity contribution in [3.8, 4) is 0 Å². The van der Waals surface area contributed by atoms with E-state index in [1.54, 1.807) is 0 Å². The van der Waals surface area contributed by atoms with Gasteiger partial charge in [-0.15, -0.1) is 0 Å². The van der Waals surface area contributed by atoms with Crippen LogP contribution in [0.2, 0.25) is 0 Å². The SMILES string of the molecule is C[C@@H]1[C@@H]2C[C@H](O)C(C)(C)[C@]23O[C@]12CC[C@@H]1C[C@]2(C[C@H]3O[C@@H]2O[C@H](CO)[C@@H](O)[C@H](O)[C@H]2O)C[C@@]1(C)O. The Morgan fingerprint density at radius 1 is 1.00 bits per heavy atom. The molecule has 0 radical (unpaired) electrons. The molecule has 3 saturated heterocycles. The molecule has 0 aromatic heterocycles. The van der Waals surface area contributed by atoms with Gasteiger partial charge in [0.2, 0.25) is 0 Å². The van der Waals surface area contributed by atoms with Crippen LogP contribution in [0.15, 0.2) is 0 Å². The Balaban J connectivity index is 1.43. The molecule has 9 heteroatoms. The fourth-order valence-electron chi connectivity index (χ4n) is 9.85. The molecule has 0 unspecified atom stereocenters. The topological polar surface area (TPSA) is 149 Å². The van der Waals surface area contributed by atoms with Crippen molar-refractivity contribution in [3.63, 3.8) is 0 Å². The van der Waals surface area contributed by atoms with E-state index in [-0.39, 0.29) is 23.2 Å². The van der Waals surface area contributed by atoms with Crippen molar-refractivity contribution in [1.29, 1.82) is 0 Å². The molecule has 0 aromatic rings. The summed E-state index contributed by atoms with van der Waals surface area (Å²) in [6.45, 7) is 7.66. The lowest BCUT2D eigenvalue weighted by atomic mass is 9.57. The number of fused-ring (bicyclic) bond motifs is 1. The van der Waals surface area contributed by atoms with Gasteiger partial charge in [0.05, 0.1) is 30.0 Å². The summed E-state index contributed by atoms with van der Waals surface area (Å²) in [5.74, 6) is 0.353. The first-order valence-electron chi connectivity index (χ1n) is 13.3. The second-order valence-corrected chi connectivity index (χ2v) is 13.4. The van der Waals surface area contributed by atoms with E-state index >= 15 is 0 Å². The zero-order valence-corrected chi connectivity index (χ0v) is 21.1. The molecule has 9 nitrogen and oxygen atoms in total. The summed E-state index contributed by atoms with van der Waals surface area (Å²) in [7, 11) is 0. The zero-order valence-electron chi connectivity index (χ0n) is 21.1. The fourth-order valence-corrected chi connectivity index (χ4v) is 9.85. The van der Waals surface area contributed by atoms with Gasteiger partial charge in [0.25, 0.3) is 0 Å². The Kier molecular flexibility index (Phi) is 5.27. The molecule has 6 rings (SSSR count). The van der Waals surface area contributed by atoms with Gasteiger partial charge in [-0.05, 0) is 63.2 Å². The molecule has 4 bridgehead atoms. The maximum atomic E-state index is 11.3. The highest BCUT2D eigenvalue weighted by Gasteiger charge is 2.83. The lowest BCUT2D eigenvalue weighted by Crippen LogP contribution is -2.68. The van der Waals surface area contributed by atoms with Gasteiger partial charge in [-0.25, -0.2) is 0 Å². The third kappa shape index (κ3) is 2.80. The van der Waals surface area contributed by atoms with Crippen LogP contribution in [0.5, 0.6) is 0 Å². The van der Waals surface area contributed by atoms with E-state index in [2.05, 4.69) is 6.92 Å². The number of hydrogen-bond acceptors (Lipinski definition) is 9. The molecular weight excluding hydrogens is 456 g/mol. The van der Waals surface area contributed by atoms with Crippen LogP contribution in [0.25, 0.3) is 0 Å². The number of aliphatic hydroxyl groups is 6. The highest BCUT2D eigenvalue weighted by atomic mass is 16.7. The standard InChI is InChI=1S/C26H42O9/c1-12-14-7-16(28)22(2,3)26(14)17(34-21-20(31)19(30)18(29)15(10-27)33-21)9-24-8-13(23(4,32)11-24)5-6-25(12,24)35-26/h12-21,27-32H,5-11H2,1-4H3/t12-,13-,14+,15-,16+,17-,18-,19+,20-,21+,23-,24+,25-,26+/m1/s1. The van der Waals surface area contributed by atoms with E-state index in [1.165, 1.54) is 0 Å². The first-order valence-corrected chi connectivity index (χ1v) is 13.3. The predicted molar refractivity (Wildman–Crippen MR) is 122 cm³/mol. The third-order valence-electron chi connectivity index (χ3n) is 11.7. The Labute approximate surface area is 206 Å². The van der Waals surface area contributed by atoms with Gasteiger partial charge in [-0.3, -0.25) is 0 Å². The average Bonchev–Trinajstić information content (AvgIpc) is 3.23. The van der Waals surface area contributed by atoms with E-state index in [9.17, 15) is 30.6 Å². The van der Waals surface area contributed by atoms with Gasteiger partial charge in [0, 0.05) is 10.8 Å².